The van der Waals surface area contributed by atoms with Crippen molar-refractivity contribution in [3.63, 3.8) is 0 Å². The van der Waals surface area contributed by atoms with Crippen LogP contribution >= 0.6 is 11.3 Å². The first kappa shape index (κ1) is 12.1. The van der Waals surface area contributed by atoms with Gasteiger partial charge >= 0.3 is 0 Å². The predicted octanol–water partition coefficient (Wildman–Crippen LogP) is 4.32. The number of ether oxygens (including phenoxy) is 1. The first-order valence-corrected chi connectivity index (χ1v) is 6.77. The fourth-order valence-electron chi connectivity index (χ4n) is 1.85. The van der Waals surface area contributed by atoms with E-state index in [0.29, 0.717) is 12.4 Å². The molecular formula is C15H12FNOS. The molecule has 0 aliphatic carbocycles. The minimum absolute atomic E-state index is 0.287. The number of hydrogen-bond acceptors (Lipinski definition) is 3. The maximum absolute atomic E-state index is 13.1. The number of nitrogens with zero attached hydrogens (tertiary/aromatic N) is 1. The number of para-hydroxylation sites is 1. The van der Waals surface area contributed by atoms with Gasteiger partial charge in [-0.05, 0) is 30.7 Å². The summed E-state index contributed by atoms with van der Waals surface area (Å²) in [6, 6.07) is 12.5. The van der Waals surface area contributed by atoms with Crippen molar-refractivity contribution in [1.82, 2.24) is 4.98 Å². The molecule has 1 heterocycles. The lowest BCUT2D eigenvalue weighted by Gasteiger charge is -2.07. The van der Waals surface area contributed by atoms with Crippen LogP contribution in [0.25, 0.3) is 10.2 Å². The summed E-state index contributed by atoms with van der Waals surface area (Å²) in [5.74, 6) is 0.282. The number of hydrogen-bond donors (Lipinski definition) is 0. The fourth-order valence-corrected chi connectivity index (χ4v) is 2.73. The average Bonchev–Trinajstić information content (AvgIpc) is 2.82. The maximum atomic E-state index is 13.1. The van der Waals surface area contributed by atoms with Gasteiger partial charge in [-0.15, -0.1) is 11.3 Å². The zero-order valence-corrected chi connectivity index (χ0v) is 11.2. The van der Waals surface area contributed by atoms with Gasteiger partial charge in [0.2, 0.25) is 0 Å². The average molecular weight is 273 g/mol. The Morgan fingerprint density at radius 1 is 1.21 bits per heavy atom. The molecule has 2 aromatic carbocycles. The molecule has 0 atom stereocenters. The van der Waals surface area contributed by atoms with Gasteiger partial charge in [-0.2, -0.15) is 0 Å². The number of thiazole rings is 1. The summed E-state index contributed by atoms with van der Waals surface area (Å²) >= 11 is 1.60. The van der Waals surface area contributed by atoms with Crippen LogP contribution in [0.1, 0.15) is 10.6 Å². The Bertz CT molecular complexity index is 690. The highest BCUT2D eigenvalue weighted by Gasteiger charge is 2.06. The molecule has 3 aromatic rings. The topological polar surface area (TPSA) is 22.1 Å². The Balaban J connectivity index is 1.80. The van der Waals surface area contributed by atoms with Crippen molar-refractivity contribution in [2.75, 3.05) is 0 Å². The zero-order chi connectivity index (χ0) is 13.2. The lowest BCUT2D eigenvalue weighted by Crippen LogP contribution is -1.96. The van der Waals surface area contributed by atoms with Crippen LogP contribution in [-0.2, 0) is 6.61 Å². The Morgan fingerprint density at radius 3 is 2.89 bits per heavy atom. The van der Waals surface area contributed by atoms with Crippen molar-refractivity contribution in [2.24, 2.45) is 0 Å². The van der Waals surface area contributed by atoms with Crippen molar-refractivity contribution in [3.05, 3.63) is 58.9 Å². The van der Waals surface area contributed by atoms with E-state index in [1.54, 1.807) is 17.4 Å². The summed E-state index contributed by atoms with van der Waals surface area (Å²) in [6.07, 6.45) is 0. The molecule has 4 heteroatoms. The molecule has 19 heavy (non-hydrogen) atoms. The standard InChI is InChI=1S/C15H12FNOS/c1-10-6-7-11(16)8-13(10)18-9-15-17-12-4-2-3-5-14(12)19-15/h2-8H,9H2,1H3. The Hall–Kier alpha value is -1.94. The van der Waals surface area contributed by atoms with Gasteiger partial charge in [-0.25, -0.2) is 9.37 Å². The number of halogens is 1. The zero-order valence-electron chi connectivity index (χ0n) is 10.4. The number of fused-ring (bicyclic) bond motifs is 1. The molecule has 0 radical (unpaired) electrons. The second-order valence-corrected chi connectivity index (χ2v) is 5.39. The molecule has 0 aliphatic rings. The highest BCUT2D eigenvalue weighted by atomic mass is 32.1. The van der Waals surface area contributed by atoms with Crippen molar-refractivity contribution >= 4 is 21.6 Å². The van der Waals surface area contributed by atoms with E-state index < -0.39 is 0 Å². The quantitative estimate of drug-likeness (QED) is 0.709. The van der Waals surface area contributed by atoms with Gasteiger partial charge in [0, 0.05) is 6.07 Å². The van der Waals surface area contributed by atoms with E-state index >= 15 is 0 Å². The van der Waals surface area contributed by atoms with E-state index in [2.05, 4.69) is 4.98 Å². The minimum atomic E-state index is -0.287. The van der Waals surface area contributed by atoms with Crippen molar-refractivity contribution in [2.45, 2.75) is 13.5 Å². The monoisotopic (exact) mass is 273 g/mol. The molecule has 2 nitrogen and oxygen atoms in total. The van der Waals surface area contributed by atoms with Gasteiger partial charge in [-0.1, -0.05) is 18.2 Å². The molecular weight excluding hydrogens is 261 g/mol. The van der Waals surface area contributed by atoms with E-state index in [0.717, 1.165) is 20.8 Å². The fraction of sp³-hybridized carbons (Fsp3) is 0.133. The molecule has 1 aromatic heterocycles. The molecule has 0 unspecified atom stereocenters. The van der Waals surface area contributed by atoms with Crippen LogP contribution in [0, 0.1) is 12.7 Å². The third kappa shape index (κ3) is 2.58. The van der Waals surface area contributed by atoms with Gasteiger partial charge in [-0.3, -0.25) is 0 Å². The predicted molar refractivity (Wildman–Crippen MR) is 75.1 cm³/mol. The summed E-state index contributed by atoms with van der Waals surface area (Å²) in [6.45, 7) is 2.26. The minimum Gasteiger partial charge on any atom is -0.486 e. The Kier molecular flexibility index (Phi) is 3.17. The first-order chi connectivity index (χ1) is 9.22. The lowest BCUT2D eigenvalue weighted by molar-refractivity contribution is 0.302. The van der Waals surface area contributed by atoms with E-state index in [9.17, 15) is 4.39 Å². The van der Waals surface area contributed by atoms with Gasteiger partial charge in [0.15, 0.2) is 0 Å². The summed E-state index contributed by atoms with van der Waals surface area (Å²) in [5.41, 5.74) is 1.89. The maximum Gasteiger partial charge on any atom is 0.140 e. The van der Waals surface area contributed by atoms with Crippen LogP contribution in [-0.4, -0.2) is 4.98 Å². The second kappa shape index (κ2) is 4.97. The number of benzene rings is 2. The molecule has 0 fully saturated rings. The van der Waals surface area contributed by atoms with Crippen molar-refractivity contribution in [3.8, 4) is 5.75 Å². The van der Waals surface area contributed by atoms with Crippen LogP contribution in [0.5, 0.6) is 5.75 Å². The summed E-state index contributed by atoms with van der Waals surface area (Å²) in [5, 5.41) is 0.893. The van der Waals surface area contributed by atoms with E-state index in [-0.39, 0.29) is 5.82 Å². The second-order valence-electron chi connectivity index (χ2n) is 4.27. The highest BCUT2D eigenvalue weighted by molar-refractivity contribution is 7.18. The molecule has 3 rings (SSSR count). The highest BCUT2D eigenvalue weighted by Crippen LogP contribution is 2.24. The SMILES string of the molecule is Cc1ccc(F)cc1OCc1nc2ccccc2s1. The number of aromatic nitrogens is 1. The van der Waals surface area contributed by atoms with E-state index in [4.69, 9.17) is 4.74 Å². The molecule has 0 aliphatic heterocycles. The summed E-state index contributed by atoms with van der Waals surface area (Å²) in [4.78, 5) is 4.48. The van der Waals surface area contributed by atoms with Crippen LogP contribution in [0.15, 0.2) is 42.5 Å². The largest absolute Gasteiger partial charge is 0.486 e. The Morgan fingerprint density at radius 2 is 2.05 bits per heavy atom. The molecule has 0 saturated heterocycles. The van der Waals surface area contributed by atoms with Crippen LogP contribution in [0.4, 0.5) is 4.39 Å². The van der Waals surface area contributed by atoms with Crippen molar-refractivity contribution < 1.29 is 9.13 Å². The number of rotatable bonds is 3. The molecule has 0 saturated carbocycles. The molecule has 0 bridgehead atoms. The van der Waals surface area contributed by atoms with E-state index in [1.165, 1.54) is 12.1 Å². The third-order valence-corrected chi connectivity index (χ3v) is 3.85. The van der Waals surface area contributed by atoms with Crippen LogP contribution in [0.2, 0.25) is 0 Å². The molecule has 0 spiro atoms. The summed E-state index contributed by atoms with van der Waals surface area (Å²) in [7, 11) is 0. The molecule has 96 valence electrons. The van der Waals surface area contributed by atoms with E-state index in [1.807, 2.05) is 31.2 Å². The molecule has 0 amide bonds. The summed E-state index contributed by atoms with van der Waals surface area (Å²) < 4.78 is 19.9. The van der Waals surface area contributed by atoms with Crippen molar-refractivity contribution in [1.29, 1.82) is 0 Å². The van der Waals surface area contributed by atoms with Crippen LogP contribution < -0.4 is 4.74 Å². The van der Waals surface area contributed by atoms with Crippen LogP contribution in [0.3, 0.4) is 0 Å². The van der Waals surface area contributed by atoms with Gasteiger partial charge in [0.05, 0.1) is 10.2 Å². The normalized spacial score (nSPS) is 10.8. The lowest BCUT2D eigenvalue weighted by atomic mass is 10.2. The van der Waals surface area contributed by atoms with Gasteiger partial charge in [0.1, 0.15) is 23.2 Å². The smallest absolute Gasteiger partial charge is 0.140 e. The molecule has 0 N–H and O–H groups in total. The van der Waals surface area contributed by atoms with Gasteiger partial charge in [0.25, 0.3) is 0 Å². The Labute approximate surface area is 114 Å². The number of aryl methyl sites for hydroxylation is 1. The first-order valence-electron chi connectivity index (χ1n) is 5.96. The third-order valence-electron chi connectivity index (χ3n) is 2.84. The van der Waals surface area contributed by atoms with Gasteiger partial charge < -0.3 is 4.74 Å².